The Hall–Kier alpha value is -4.86. The number of urea groups is 1. The number of aromatic nitrogens is 1. The van der Waals surface area contributed by atoms with E-state index in [0.29, 0.717) is 36.5 Å². The molecule has 286 valence electrons. The smallest absolute Gasteiger partial charge is 0.321 e. The molecule has 4 atom stereocenters. The molecule has 15 heteroatoms. The van der Waals surface area contributed by atoms with Gasteiger partial charge in [0.2, 0.25) is 15.9 Å². The van der Waals surface area contributed by atoms with Gasteiger partial charge in [-0.1, -0.05) is 86.9 Å². The second-order valence-electron chi connectivity index (χ2n) is 13.9. The van der Waals surface area contributed by atoms with Crippen molar-refractivity contribution in [3.05, 3.63) is 95.3 Å². The standard InChI is InChI=1S/C38H51N7O7S/c1-6-27(4)36(45-19-18-43(38(45)48)24-31-16-17-39-33(21-31)28(5)42-50)37(47)41-34(20-29-10-8-7-9-11-29)35(46)25-44(23-26(2)3)53(51,52)32-14-12-30(13-15-32)22-40-49/h7-17,21-22,26-27,34-36,46,49-50H,6,18-20,23-25H2,1-5H3,(H,41,47)/t27-,34-,35+,36-/m0/s1. The lowest BCUT2D eigenvalue weighted by atomic mass is 9.95. The number of aliphatic hydroxyl groups is 1. The van der Waals surface area contributed by atoms with Crippen LogP contribution in [0.25, 0.3) is 0 Å². The van der Waals surface area contributed by atoms with Crippen molar-refractivity contribution < 1.29 is 33.5 Å². The number of carbonyl (C=O) groups is 2. The molecule has 4 rings (SSSR count). The van der Waals surface area contributed by atoms with E-state index in [1.807, 2.05) is 58.0 Å². The zero-order chi connectivity index (χ0) is 38.7. The van der Waals surface area contributed by atoms with Crippen LogP contribution in [0.4, 0.5) is 4.79 Å². The summed E-state index contributed by atoms with van der Waals surface area (Å²) in [7, 11) is -4.08. The van der Waals surface area contributed by atoms with Gasteiger partial charge in [-0.05, 0) is 66.1 Å². The van der Waals surface area contributed by atoms with Gasteiger partial charge < -0.3 is 30.6 Å². The van der Waals surface area contributed by atoms with E-state index in [1.165, 1.54) is 34.8 Å². The number of hydrogen-bond acceptors (Lipinski definition) is 10. The van der Waals surface area contributed by atoms with Gasteiger partial charge in [-0.15, -0.1) is 0 Å². The molecule has 0 unspecified atom stereocenters. The van der Waals surface area contributed by atoms with Crippen molar-refractivity contribution in [2.75, 3.05) is 26.2 Å². The minimum absolute atomic E-state index is 0.0117. The Morgan fingerprint density at radius 1 is 1.02 bits per heavy atom. The average Bonchev–Trinajstić information content (AvgIpc) is 3.49. The maximum Gasteiger partial charge on any atom is 0.321 e. The Balaban J connectivity index is 1.59. The maximum absolute atomic E-state index is 14.3. The van der Waals surface area contributed by atoms with Crippen LogP contribution in [0.2, 0.25) is 0 Å². The largest absolute Gasteiger partial charge is 0.411 e. The van der Waals surface area contributed by atoms with E-state index in [9.17, 15) is 28.3 Å². The molecule has 1 fully saturated rings. The molecule has 1 aromatic heterocycles. The minimum Gasteiger partial charge on any atom is -0.411 e. The first-order chi connectivity index (χ1) is 25.3. The molecule has 0 radical (unpaired) electrons. The molecule has 0 aliphatic carbocycles. The van der Waals surface area contributed by atoms with E-state index < -0.39 is 34.1 Å². The monoisotopic (exact) mass is 749 g/mol. The van der Waals surface area contributed by atoms with Crippen LogP contribution in [0.3, 0.4) is 0 Å². The van der Waals surface area contributed by atoms with Crippen LogP contribution in [0.15, 0.2) is 88.1 Å². The molecule has 2 heterocycles. The zero-order valence-electron chi connectivity index (χ0n) is 30.9. The molecular weight excluding hydrogens is 699 g/mol. The van der Waals surface area contributed by atoms with Crippen molar-refractivity contribution in [2.24, 2.45) is 22.1 Å². The first kappa shape index (κ1) is 40.9. The molecule has 1 aliphatic rings. The molecule has 3 amide bonds. The van der Waals surface area contributed by atoms with Crippen molar-refractivity contribution in [2.45, 2.75) is 77.1 Å². The first-order valence-corrected chi connectivity index (χ1v) is 19.2. The predicted molar refractivity (Wildman–Crippen MR) is 201 cm³/mol. The van der Waals surface area contributed by atoms with Crippen molar-refractivity contribution in [1.82, 2.24) is 24.4 Å². The quantitative estimate of drug-likeness (QED) is 0.0847. The summed E-state index contributed by atoms with van der Waals surface area (Å²) in [6.07, 6.45) is 2.28. The number of benzene rings is 2. The third kappa shape index (κ3) is 10.6. The summed E-state index contributed by atoms with van der Waals surface area (Å²) in [4.78, 5) is 35.6. The highest BCUT2D eigenvalue weighted by Gasteiger charge is 2.41. The second kappa shape index (κ2) is 18.8. The van der Waals surface area contributed by atoms with Gasteiger partial charge in [0.25, 0.3) is 0 Å². The van der Waals surface area contributed by atoms with E-state index in [0.717, 1.165) is 11.1 Å². The summed E-state index contributed by atoms with van der Waals surface area (Å²) in [5, 5.41) is 39.1. The SMILES string of the molecule is CC[C@H](C)[C@@H](C(=O)N[C@@H](Cc1ccccc1)[C@H](O)CN(CC(C)C)S(=O)(=O)c1ccc(C=NO)cc1)N1CCN(Cc2ccnc(C(C)=NO)c2)C1=O. The van der Waals surface area contributed by atoms with Crippen LogP contribution in [-0.4, -0.2) is 111 Å². The van der Waals surface area contributed by atoms with E-state index >= 15 is 0 Å². The topological polar surface area (TPSA) is 188 Å². The lowest BCUT2D eigenvalue weighted by Crippen LogP contribution is -2.57. The van der Waals surface area contributed by atoms with Gasteiger partial charge in [0.15, 0.2) is 0 Å². The summed E-state index contributed by atoms with van der Waals surface area (Å²) >= 11 is 0. The van der Waals surface area contributed by atoms with Crippen molar-refractivity contribution >= 4 is 33.9 Å². The fourth-order valence-corrected chi connectivity index (χ4v) is 7.98. The third-order valence-electron chi connectivity index (χ3n) is 9.41. The Bertz CT molecular complexity index is 1840. The molecule has 0 spiro atoms. The maximum atomic E-state index is 14.3. The van der Waals surface area contributed by atoms with E-state index in [1.54, 1.807) is 35.1 Å². The number of amides is 3. The summed E-state index contributed by atoms with van der Waals surface area (Å²) in [6, 6.07) is 16.7. The van der Waals surface area contributed by atoms with Crippen molar-refractivity contribution in [1.29, 1.82) is 0 Å². The summed E-state index contributed by atoms with van der Waals surface area (Å²) < 4.78 is 29.1. The Morgan fingerprint density at radius 3 is 2.34 bits per heavy atom. The average molecular weight is 750 g/mol. The first-order valence-electron chi connectivity index (χ1n) is 17.8. The van der Waals surface area contributed by atoms with Gasteiger partial charge in [0, 0.05) is 38.9 Å². The summed E-state index contributed by atoms with van der Waals surface area (Å²) in [5.41, 5.74) is 2.96. The molecule has 14 nitrogen and oxygen atoms in total. The number of carbonyl (C=O) groups excluding carboxylic acids is 2. The van der Waals surface area contributed by atoms with Gasteiger partial charge in [-0.3, -0.25) is 9.78 Å². The zero-order valence-corrected chi connectivity index (χ0v) is 31.7. The Labute approximate surface area is 311 Å². The predicted octanol–water partition coefficient (Wildman–Crippen LogP) is 4.18. The Kier molecular flexibility index (Phi) is 14.5. The number of hydrogen-bond donors (Lipinski definition) is 4. The van der Waals surface area contributed by atoms with Gasteiger partial charge in [-0.25, -0.2) is 13.2 Å². The summed E-state index contributed by atoms with van der Waals surface area (Å²) in [6.45, 7) is 10.0. The second-order valence-corrected chi connectivity index (χ2v) is 15.8. The number of pyridine rings is 1. The van der Waals surface area contributed by atoms with E-state index in [2.05, 4.69) is 20.6 Å². The van der Waals surface area contributed by atoms with Gasteiger partial charge in [0.1, 0.15) is 11.8 Å². The number of aliphatic hydroxyl groups excluding tert-OH is 1. The van der Waals surface area contributed by atoms with Gasteiger partial charge >= 0.3 is 6.03 Å². The van der Waals surface area contributed by atoms with Crippen LogP contribution in [0, 0.1) is 11.8 Å². The molecule has 2 aromatic carbocycles. The number of oxime groups is 2. The number of rotatable bonds is 18. The van der Waals surface area contributed by atoms with Gasteiger partial charge in [-0.2, -0.15) is 4.31 Å². The highest BCUT2D eigenvalue weighted by atomic mass is 32.2. The molecular formula is C38H51N7O7S. The number of nitrogens with one attached hydrogen (secondary N) is 1. The fourth-order valence-electron chi connectivity index (χ4n) is 6.35. The Morgan fingerprint density at radius 2 is 1.72 bits per heavy atom. The molecule has 0 bridgehead atoms. The molecule has 0 saturated carbocycles. The van der Waals surface area contributed by atoms with Crippen LogP contribution in [0.5, 0.6) is 0 Å². The normalized spacial score (nSPS) is 16.4. The molecule has 3 aromatic rings. The van der Waals surface area contributed by atoms with E-state index in [-0.39, 0.29) is 48.8 Å². The van der Waals surface area contributed by atoms with E-state index in [4.69, 9.17) is 5.21 Å². The lowest BCUT2D eigenvalue weighted by Gasteiger charge is -2.35. The highest BCUT2D eigenvalue weighted by molar-refractivity contribution is 7.89. The van der Waals surface area contributed by atoms with Gasteiger partial charge in [0.05, 0.1) is 28.9 Å². The van der Waals surface area contributed by atoms with Crippen molar-refractivity contribution in [3.8, 4) is 0 Å². The van der Waals surface area contributed by atoms with Crippen LogP contribution >= 0.6 is 0 Å². The third-order valence-corrected chi connectivity index (χ3v) is 11.3. The van der Waals surface area contributed by atoms with Crippen molar-refractivity contribution in [3.63, 3.8) is 0 Å². The fraction of sp³-hybridized carbons (Fsp3) is 0.447. The lowest BCUT2D eigenvalue weighted by molar-refractivity contribution is -0.128. The number of nitrogens with zero attached hydrogens (tertiary/aromatic N) is 6. The van der Waals surface area contributed by atoms with Crippen LogP contribution < -0.4 is 5.32 Å². The number of sulfonamides is 1. The molecule has 1 saturated heterocycles. The van der Waals surface area contributed by atoms with Crippen LogP contribution in [-0.2, 0) is 27.8 Å². The molecule has 53 heavy (non-hydrogen) atoms. The summed E-state index contributed by atoms with van der Waals surface area (Å²) in [5.74, 6) is -0.750. The highest BCUT2D eigenvalue weighted by Crippen LogP contribution is 2.24. The molecule has 4 N–H and O–H groups in total. The minimum atomic E-state index is -4.08. The van der Waals surface area contributed by atoms with Crippen LogP contribution in [0.1, 0.15) is 63.4 Å². The molecule has 1 aliphatic heterocycles.